The number of anilines is 1. The first-order chi connectivity index (χ1) is 12.6. The molecular formula is C19H16FN3O3. The van der Waals surface area contributed by atoms with Gasteiger partial charge in [0.15, 0.2) is 0 Å². The van der Waals surface area contributed by atoms with Gasteiger partial charge in [-0.1, -0.05) is 24.3 Å². The molecule has 2 N–H and O–H groups in total. The highest BCUT2D eigenvalue weighted by molar-refractivity contribution is 5.98. The van der Waals surface area contributed by atoms with E-state index in [4.69, 9.17) is 4.74 Å². The molecule has 0 aliphatic carbocycles. The van der Waals surface area contributed by atoms with Crippen LogP contribution in [0.1, 0.15) is 0 Å². The van der Waals surface area contributed by atoms with Crippen LogP contribution in [0.4, 0.5) is 10.1 Å². The predicted molar refractivity (Wildman–Crippen MR) is 97.0 cm³/mol. The number of ether oxygens (including phenoxy) is 1. The van der Waals surface area contributed by atoms with Crippen molar-refractivity contribution in [3.8, 4) is 16.9 Å². The van der Waals surface area contributed by atoms with E-state index >= 15 is 0 Å². The lowest BCUT2D eigenvalue weighted by Gasteiger charge is -2.18. The molecule has 2 aromatic carbocycles. The molecule has 132 valence electrons. The van der Waals surface area contributed by atoms with E-state index in [1.807, 2.05) is 24.3 Å². The maximum Gasteiger partial charge on any atom is 0.320 e. The Hall–Kier alpha value is -3.48. The van der Waals surface area contributed by atoms with Gasteiger partial charge in [0.2, 0.25) is 0 Å². The minimum atomic E-state index is -0.927. The molecule has 1 heterocycles. The Bertz CT molecular complexity index is 922. The number of benzene rings is 2. The molecule has 0 saturated carbocycles. The summed E-state index contributed by atoms with van der Waals surface area (Å²) in [6, 6.07) is 12.0. The van der Waals surface area contributed by atoms with E-state index in [0.717, 1.165) is 5.56 Å². The van der Waals surface area contributed by atoms with Crippen LogP contribution in [0.2, 0.25) is 0 Å². The van der Waals surface area contributed by atoms with Crippen LogP contribution in [0.15, 0.2) is 71.2 Å². The average Bonchev–Trinajstić information content (AvgIpc) is 2.69. The summed E-state index contributed by atoms with van der Waals surface area (Å²) in [6.45, 7) is 0.446. The second-order valence-electron chi connectivity index (χ2n) is 5.52. The van der Waals surface area contributed by atoms with Crippen molar-refractivity contribution in [2.45, 2.75) is 0 Å². The van der Waals surface area contributed by atoms with Crippen molar-refractivity contribution in [1.29, 1.82) is 0 Å². The van der Waals surface area contributed by atoms with Gasteiger partial charge in [0.1, 0.15) is 17.4 Å². The number of nitrogens with one attached hydrogen (secondary N) is 2. The van der Waals surface area contributed by atoms with Gasteiger partial charge in [0.05, 0.1) is 18.4 Å². The molecule has 0 atom stereocenters. The minimum absolute atomic E-state index is 0.0579. The summed E-state index contributed by atoms with van der Waals surface area (Å²) in [4.78, 5) is 22.1. The first-order valence-corrected chi connectivity index (χ1v) is 7.85. The van der Waals surface area contributed by atoms with Gasteiger partial charge in [-0.05, 0) is 41.5 Å². The highest BCUT2D eigenvalue weighted by Gasteiger charge is 2.17. The van der Waals surface area contributed by atoms with Crippen LogP contribution in [0.25, 0.3) is 11.1 Å². The van der Waals surface area contributed by atoms with E-state index in [1.165, 1.54) is 12.1 Å². The molecule has 0 fully saturated rings. The first-order valence-electron chi connectivity index (χ1n) is 7.85. The first kappa shape index (κ1) is 17.3. The van der Waals surface area contributed by atoms with Crippen molar-refractivity contribution in [1.82, 2.24) is 5.32 Å². The van der Waals surface area contributed by atoms with Crippen LogP contribution in [0, 0.1) is 10.7 Å². The Kier molecular flexibility index (Phi) is 5.07. The van der Waals surface area contributed by atoms with Gasteiger partial charge in [-0.15, -0.1) is 4.91 Å². The quantitative estimate of drug-likeness (QED) is 0.803. The number of nitrogens with zero attached hydrogens (tertiary/aromatic N) is 1. The number of halogens is 1. The van der Waals surface area contributed by atoms with Crippen molar-refractivity contribution in [3.63, 3.8) is 0 Å². The van der Waals surface area contributed by atoms with Gasteiger partial charge in [-0.2, -0.15) is 0 Å². The molecule has 0 radical (unpaired) electrons. The third-order valence-corrected chi connectivity index (χ3v) is 3.90. The molecule has 26 heavy (non-hydrogen) atoms. The summed E-state index contributed by atoms with van der Waals surface area (Å²) >= 11 is 0. The monoisotopic (exact) mass is 353 g/mol. The summed E-state index contributed by atoms with van der Waals surface area (Å²) in [6.07, 6.45) is 3.15. The van der Waals surface area contributed by atoms with E-state index in [2.05, 4.69) is 15.8 Å². The van der Waals surface area contributed by atoms with Gasteiger partial charge in [0.25, 0.3) is 0 Å². The summed E-state index contributed by atoms with van der Waals surface area (Å²) in [5.41, 5.74) is 1.73. The third-order valence-electron chi connectivity index (χ3n) is 3.90. The zero-order valence-electron chi connectivity index (χ0n) is 14.0. The Morgan fingerprint density at radius 1 is 1.23 bits per heavy atom. The summed E-state index contributed by atoms with van der Waals surface area (Å²) in [5.74, 6) is -0.507. The Balaban J connectivity index is 1.90. The van der Waals surface area contributed by atoms with E-state index in [9.17, 15) is 14.1 Å². The largest absolute Gasteiger partial charge is 0.497 e. The normalized spacial score (nSPS) is 13.2. The van der Waals surface area contributed by atoms with Crippen LogP contribution in [0.5, 0.6) is 5.75 Å². The fraction of sp³-hybridized carbons (Fsp3) is 0.105. The molecule has 3 rings (SSSR count). The number of methoxy groups -OCH3 is 1. The molecular weight excluding hydrogens is 337 g/mol. The number of carbonyl (C=O) groups is 1. The molecule has 0 unspecified atom stereocenters. The van der Waals surface area contributed by atoms with Crippen LogP contribution < -0.4 is 15.4 Å². The minimum Gasteiger partial charge on any atom is -0.497 e. The van der Waals surface area contributed by atoms with E-state index in [0.29, 0.717) is 17.9 Å². The SMILES string of the molecule is COc1cccc(-c2ccc(NC3=C(C(=O)N=O)C=CCN3)c(F)c2)c1. The summed E-state index contributed by atoms with van der Waals surface area (Å²) in [7, 11) is 1.57. The van der Waals surface area contributed by atoms with Crippen LogP contribution in [-0.2, 0) is 4.79 Å². The zero-order chi connectivity index (χ0) is 18.5. The van der Waals surface area contributed by atoms with E-state index < -0.39 is 11.7 Å². The highest BCUT2D eigenvalue weighted by atomic mass is 19.1. The number of amides is 1. The number of hydrogen-bond donors (Lipinski definition) is 2. The van der Waals surface area contributed by atoms with Crippen molar-refractivity contribution in [3.05, 3.63) is 76.7 Å². The number of dihydropyridines is 1. The van der Waals surface area contributed by atoms with Crippen molar-refractivity contribution in [2.24, 2.45) is 5.18 Å². The molecule has 0 aromatic heterocycles. The van der Waals surface area contributed by atoms with E-state index in [-0.39, 0.29) is 17.1 Å². The highest BCUT2D eigenvalue weighted by Crippen LogP contribution is 2.28. The van der Waals surface area contributed by atoms with Crippen LogP contribution >= 0.6 is 0 Å². The van der Waals surface area contributed by atoms with Gasteiger partial charge < -0.3 is 15.4 Å². The Morgan fingerprint density at radius 2 is 2.04 bits per heavy atom. The van der Waals surface area contributed by atoms with Crippen LogP contribution in [-0.4, -0.2) is 19.6 Å². The molecule has 0 spiro atoms. The van der Waals surface area contributed by atoms with Gasteiger partial charge in [-0.3, -0.25) is 4.79 Å². The summed E-state index contributed by atoms with van der Waals surface area (Å²) < 4.78 is 19.7. The molecule has 2 aromatic rings. The number of rotatable bonds is 5. The van der Waals surface area contributed by atoms with Crippen molar-refractivity contribution >= 4 is 11.6 Å². The predicted octanol–water partition coefficient (Wildman–Crippen LogP) is 3.58. The lowest BCUT2D eigenvalue weighted by Crippen LogP contribution is -2.26. The molecule has 0 saturated heterocycles. The molecule has 1 aliphatic rings. The maximum absolute atomic E-state index is 14.6. The maximum atomic E-state index is 14.6. The standard InChI is InChI=1S/C19H16FN3O3/c1-26-14-5-2-4-12(10-14)13-7-8-17(16(20)11-13)22-18-15(19(24)23-25)6-3-9-21-18/h2-8,10-11,21-22H,9H2,1H3. The summed E-state index contributed by atoms with van der Waals surface area (Å²) in [5, 5.41) is 8.13. The number of hydrogen-bond acceptors (Lipinski definition) is 5. The second-order valence-corrected chi connectivity index (χ2v) is 5.52. The molecule has 0 bridgehead atoms. The Morgan fingerprint density at radius 3 is 2.77 bits per heavy atom. The van der Waals surface area contributed by atoms with Gasteiger partial charge in [-0.25, -0.2) is 4.39 Å². The van der Waals surface area contributed by atoms with Crippen LogP contribution in [0.3, 0.4) is 0 Å². The van der Waals surface area contributed by atoms with Gasteiger partial charge in [0, 0.05) is 11.7 Å². The fourth-order valence-electron chi connectivity index (χ4n) is 2.59. The molecule has 1 amide bonds. The fourth-order valence-corrected chi connectivity index (χ4v) is 2.59. The molecule has 1 aliphatic heterocycles. The second kappa shape index (κ2) is 7.60. The number of nitroso groups, excluding NO2 is 1. The average molecular weight is 353 g/mol. The number of carbonyl (C=O) groups excluding carboxylic acids is 1. The topological polar surface area (TPSA) is 79.8 Å². The third kappa shape index (κ3) is 3.61. The van der Waals surface area contributed by atoms with Gasteiger partial charge >= 0.3 is 5.91 Å². The Labute approximate surface area is 149 Å². The molecule has 7 heteroatoms. The smallest absolute Gasteiger partial charge is 0.320 e. The lowest BCUT2D eigenvalue weighted by molar-refractivity contribution is -0.114. The molecule has 6 nitrogen and oxygen atoms in total. The van der Waals surface area contributed by atoms with Crippen molar-refractivity contribution < 1.29 is 13.9 Å². The van der Waals surface area contributed by atoms with E-state index in [1.54, 1.807) is 25.3 Å². The lowest BCUT2D eigenvalue weighted by atomic mass is 10.0. The van der Waals surface area contributed by atoms with Crippen molar-refractivity contribution in [2.75, 3.05) is 19.0 Å². The zero-order valence-corrected chi connectivity index (χ0v) is 14.0.